The molecule has 1 fully saturated rings. The third kappa shape index (κ3) is 4.30. The number of fused-ring (bicyclic) bond motifs is 3. The Bertz CT molecular complexity index is 1060. The maximum absolute atomic E-state index is 10.6. The zero-order chi connectivity index (χ0) is 21.3. The third-order valence-electron chi connectivity index (χ3n) is 4.44. The fraction of sp³-hybridized carbons (Fsp3) is 0.353. The summed E-state index contributed by atoms with van der Waals surface area (Å²) in [4.78, 5) is 19.8. The molecule has 1 aliphatic heterocycles. The second-order valence-electron chi connectivity index (χ2n) is 6.35. The van der Waals surface area contributed by atoms with E-state index in [0.717, 1.165) is 36.2 Å². The fourth-order valence-electron chi connectivity index (χ4n) is 3.17. The van der Waals surface area contributed by atoms with Gasteiger partial charge in [-0.05, 0) is 31.0 Å². The Labute approximate surface area is 167 Å². The SMILES string of the molecule is NC[C@H]1CCCN1c1nc(N)nc2c1oc1ccc(Cl)cc12.O=C(O)C(F)(F)F. The summed E-state index contributed by atoms with van der Waals surface area (Å²) in [5.41, 5.74) is 13.9. The number of anilines is 2. The summed E-state index contributed by atoms with van der Waals surface area (Å²) in [6.07, 6.45) is -2.95. The predicted molar refractivity (Wildman–Crippen MR) is 102 cm³/mol. The maximum atomic E-state index is 10.6. The van der Waals surface area contributed by atoms with Crippen LogP contribution in [0, 0.1) is 0 Å². The Hall–Kier alpha value is -2.79. The third-order valence-corrected chi connectivity index (χ3v) is 4.67. The molecule has 1 aromatic carbocycles. The second-order valence-corrected chi connectivity index (χ2v) is 6.79. The Morgan fingerprint density at radius 2 is 2.07 bits per heavy atom. The summed E-state index contributed by atoms with van der Waals surface area (Å²) in [5.74, 6) is -1.80. The van der Waals surface area contributed by atoms with E-state index < -0.39 is 12.1 Å². The molecule has 8 nitrogen and oxygen atoms in total. The molecule has 0 amide bonds. The molecule has 0 unspecified atom stereocenters. The highest BCUT2D eigenvalue weighted by atomic mass is 35.5. The molecule has 0 radical (unpaired) electrons. The average Bonchev–Trinajstić information content (AvgIpc) is 3.25. The summed E-state index contributed by atoms with van der Waals surface area (Å²) in [6, 6.07) is 5.73. The van der Waals surface area contributed by atoms with Gasteiger partial charge in [-0.3, -0.25) is 0 Å². The van der Waals surface area contributed by atoms with Crippen LogP contribution in [0.2, 0.25) is 5.02 Å². The van der Waals surface area contributed by atoms with Crippen molar-refractivity contribution in [1.82, 2.24) is 9.97 Å². The van der Waals surface area contributed by atoms with Crippen LogP contribution in [0.1, 0.15) is 12.8 Å². The van der Waals surface area contributed by atoms with Gasteiger partial charge in [0.25, 0.3) is 0 Å². The van der Waals surface area contributed by atoms with Crippen molar-refractivity contribution < 1.29 is 27.5 Å². The molecule has 1 saturated heterocycles. The lowest BCUT2D eigenvalue weighted by atomic mass is 10.2. The zero-order valence-corrected chi connectivity index (χ0v) is 15.7. The number of carboxylic acid groups (broad SMARTS) is 1. The number of aromatic nitrogens is 2. The van der Waals surface area contributed by atoms with Crippen molar-refractivity contribution in [1.29, 1.82) is 0 Å². The largest absolute Gasteiger partial charge is 0.490 e. The summed E-state index contributed by atoms with van der Waals surface area (Å²) in [5, 5.41) is 8.61. The van der Waals surface area contributed by atoms with Crippen LogP contribution in [0.15, 0.2) is 22.6 Å². The summed E-state index contributed by atoms with van der Waals surface area (Å²) in [7, 11) is 0. The summed E-state index contributed by atoms with van der Waals surface area (Å²) in [6.45, 7) is 1.47. The van der Waals surface area contributed by atoms with Crippen LogP contribution in [0.5, 0.6) is 0 Å². The van der Waals surface area contributed by atoms with E-state index in [2.05, 4.69) is 14.9 Å². The molecule has 0 bridgehead atoms. The number of hydrogen-bond donors (Lipinski definition) is 3. The standard InChI is InChI=1S/C15H16ClN5O.C2HF3O2/c16-8-3-4-11-10(6-8)12-13(22-11)14(20-15(18)19-12)21-5-1-2-9(21)7-17;3-2(4,5)1(6)7/h3-4,6,9H,1-2,5,7,17H2,(H2,18,19,20);(H,6,7)/t9-;/m1./s1. The second kappa shape index (κ2) is 7.91. The number of benzene rings is 1. The van der Waals surface area contributed by atoms with E-state index in [1.807, 2.05) is 12.1 Å². The van der Waals surface area contributed by atoms with E-state index in [-0.39, 0.29) is 12.0 Å². The van der Waals surface area contributed by atoms with Gasteiger partial charge in [-0.1, -0.05) is 11.6 Å². The number of furan rings is 1. The van der Waals surface area contributed by atoms with Crippen molar-refractivity contribution in [3.63, 3.8) is 0 Å². The molecule has 1 aliphatic rings. The first-order valence-corrected chi connectivity index (χ1v) is 8.91. The monoisotopic (exact) mass is 431 g/mol. The highest BCUT2D eigenvalue weighted by molar-refractivity contribution is 6.31. The molecule has 5 N–H and O–H groups in total. The van der Waals surface area contributed by atoms with Gasteiger partial charge >= 0.3 is 12.1 Å². The number of nitrogens with zero attached hydrogens (tertiary/aromatic N) is 3. The molecule has 2 aromatic heterocycles. The van der Waals surface area contributed by atoms with Crippen LogP contribution in [0.4, 0.5) is 24.9 Å². The van der Waals surface area contributed by atoms with Crippen molar-refractivity contribution in [2.24, 2.45) is 5.73 Å². The number of carboxylic acids is 1. The Kier molecular flexibility index (Phi) is 5.71. The topological polar surface area (TPSA) is 132 Å². The van der Waals surface area contributed by atoms with Gasteiger partial charge in [-0.15, -0.1) is 0 Å². The molecule has 0 aliphatic carbocycles. The number of aliphatic carboxylic acids is 1. The van der Waals surface area contributed by atoms with E-state index >= 15 is 0 Å². The van der Waals surface area contributed by atoms with Crippen molar-refractivity contribution in [2.45, 2.75) is 25.1 Å². The molecule has 12 heteroatoms. The highest BCUT2D eigenvalue weighted by Crippen LogP contribution is 2.36. The Morgan fingerprint density at radius 3 is 2.69 bits per heavy atom. The highest BCUT2D eigenvalue weighted by Gasteiger charge is 2.38. The molecule has 29 heavy (non-hydrogen) atoms. The van der Waals surface area contributed by atoms with Crippen LogP contribution in [0.3, 0.4) is 0 Å². The molecular weight excluding hydrogens is 415 g/mol. The summed E-state index contributed by atoms with van der Waals surface area (Å²) >= 11 is 6.09. The molecular formula is C17H17ClF3N5O3. The Balaban J connectivity index is 0.000000298. The lowest BCUT2D eigenvalue weighted by Gasteiger charge is -2.24. The molecule has 1 atom stereocenters. The first kappa shape index (κ1) is 20.9. The number of nitrogens with two attached hydrogens (primary N) is 2. The minimum absolute atomic E-state index is 0.229. The molecule has 4 rings (SSSR count). The number of carbonyl (C=O) groups is 1. The lowest BCUT2D eigenvalue weighted by Crippen LogP contribution is -2.36. The number of hydrogen-bond acceptors (Lipinski definition) is 7. The minimum atomic E-state index is -5.08. The predicted octanol–water partition coefficient (Wildman–Crippen LogP) is 3.17. The van der Waals surface area contributed by atoms with Gasteiger partial charge < -0.3 is 25.9 Å². The number of rotatable bonds is 2. The van der Waals surface area contributed by atoms with Crippen LogP contribution in [0.25, 0.3) is 22.1 Å². The van der Waals surface area contributed by atoms with E-state index in [1.165, 1.54) is 0 Å². The van der Waals surface area contributed by atoms with Crippen molar-refractivity contribution in [2.75, 3.05) is 23.7 Å². The van der Waals surface area contributed by atoms with Gasteiger partial charge in [0.2, 0.25) is 5.95 Å². The van der Waals surface area contributed by atoms with Gasteiger partial charge in [-0.2, -0.15) is 18.2 Å². The van der Waals surface area contributed by atoms with Gasteiger partial charge in [0.05, 0.1) is 0 Å². The van der Waals surface area contributed by atoms with E-state index in [4.69, 9.17) is 37.4 Å². The maximum Gasteiger partial charge on any atom is 0.490 e. The van der Waals surface area contributed by atoms with E-state index in [1.54, 1.807) is 6.07 Å². The van der Waals surface area contributed by atoms with Crippen molar-refractivity contribution in [3.8, 4) is 0 Å². The number of nitrogen functional groups attached to an aromatic ring is 1. The number of halogens is 4. The zero-order valence-electron chi connectivity index (χ0n) is 14.9. The summed E-state index contributed by atoms with van der Waals surface area (Å²) < 4.78 is 37.7. The van der Waals surface area contributed by atoms with Gasteiger partial charge in [-0.25, -0.2) is 9.78 Å². The van der Waals surface area contributed by atoms with Crippen LogP contribution >= 0.6 is 11.6 Å². The van der Waals surface area contributed by atoms with E-state index in [9.17, 15) is 13.2 Å². The minimum Gasteiger partial charge on any atom is -0.475 e. The molecule has 0 saturated carbocycles. The molecule has 0 spiro atoms. The van der Waals surface area contributed by atoms with E-state index in [0.29, 0.717) is 22.7 Å². The van der Waals surface area contributed by atoms with Crippen molar-refractivity contribution >= 4 is 51.4 Å². The molecule has 3 aromatic rings. The average molecular weight is 432 g/mol. The van der Waals surface area contributed by atoms with Gasteiger partial charge in [0.1, 0.15) is 11.1 Å². The van der Waals surface area contributed by atoms with Gasteiger partial charge in [0.15, 0.2) is 11.4 Å². The Morgan fingerprint density at radius 1 is 1.38 bits per heavy atom. The van der Waals surface area contributed by atoms with Crippen LogP contribution < -0.4 is 16.4 Å². The number of alkyl halides is 3. The quantitative estimate of drug-likeness (QED) is 0.563. The fourth-order valence-corrected chi connectivity index (χ4v) is 3.34. The van der Waals surface area contributed by atoms with Crippen LogP contribution in [-0.4, -0.2) is 46.4 Å². The normalized spacial score (nSPS) is 16.9. The van der Waals surface area contributed by atoms with Crippen molar-refractivity contribution in [3.05, 3.63) is 23.2 Å². The van der Waals surface area contributed by atoms with Crippen LogP contribution in [-0.2, 0) is 4.79 Å². The molecule has 156 valence electrons. The first-order valence-electron chi connectivity index (χ1n) is 8.54. The smallest absolute Gasteiger partial charge is 0.475 e. The molecule has 3 heterocycles. The van der Waals surface area contributed by atoms with Gasteiger partial charge in [0, 0.05) is 29.5 Å². The lowest BCUT2D eigenvalue weighted by molar-refractivity contribution is -0.192. The first-order chi connectivity index (χ1) is 13.6.